The van der Waals surface area contributed by atoms with Crippen LogP contribution in [-0.2, 0) is 0 Å². The van der Waals surface area contributed by atoms with Crippen molar-refractivity contribution in [3.8, 4) is 0 Å². The second-order valence-corrected chi connectivity index (χ2v) is 7.81. The van der Waals surface area contributed by atoms with Gasteiger partial charge in [-0.25, -0.2) is 0 Å². The molecule has 0 radical (unpaired) electrons. The van der Waals surface area contributed by atoms with Gasteiger partial charge in [0.1, 0.15) is 0 Å². The Morgan fingerprint density at radius 2 is 1.65 bits per heavy atom. The lowest BCUT2D eigenvalue weighted by atomic mass is 9.66. The van der Waals surface area contributed by atoms with Gasteiger partial charge in [-0.3, -0.25) is 0 Å². The quantitative estimate of drug-likeness (QED) is 0.811. The van der Waals surface area contributed by atoms with E-state index < -0.39 is 0 Å². The van der Waals surface area contributed by atoms with Crippen LogP contribution in [0.4, 0.5) is 0 Å². The maximum Gasteiger partial charge on any atom is 0.0406 e. The average molecular weight is 294 g/mol. The Kier molecular flexibility index (Phi) is 5.14. The third kappa shape index (κ3) is 3.77. The molecule has 0 heterocycles. The van der Waals surface area contributed by atoms with Gasteiger partial charge in [-0.15, -0.1) is 0 Å². The first-order valence-electron chi connectivity index (χ1n) is 7.87. The van der Waals surface area contributed by atoms with Crippen molar-refractivity contribution < 1.29 is 0 Å². The lowest BCUT2D eigenvalue weighted by molar-refractivity contribution is 0.140. The van der Waals surface area contributed by atoms with Crippen LogP contribution in [0, 0.1) is 17.3 Å². The van der Waals surface area contributed by atoms with Crippen LogP contribution in [0.2, 0.25) is 5.02 Å². The highest BCUT2D eigenvalue weighted by molar-refractivity contribution is 6.30. The smallest absolute Gasteiger partial charge is 0.0406 e. The standard InChI is InChI=1S/C18H28ClN/c1-18(2,3)15-8-4-13(5-9-15)17(12-20)14-6-10-16(19)11-7-14/h6-7,10-11,13,15,17H,4-5,8-9,12,20H2,1-3H3. The first-order valence-corrected chi connectivity index (χ1v) is 8.25. The first kappa shape index (κ1) is 15.9. The van der Waals surface area contributed by atoms with Crippen molar-refractivity contribution in [2.45, 2.75) is 52.4 Å². The highest BCUT2D eigenvalue weighted by Crippen LogP contribution is 2.43. The summed E-state index contributed by atoms with van der Waals surface area (Å²) in [5, 5.41) is 0.806. The van der Waals surface area contributed by atoms with Gasteiger partial charge in [-0.2, -0.15) is 0 Å². The molecule has 2 rings (SSSR count). The normalized spacial score (nSPS) is 25.4. The minimum atomic E-state index is 0.448. The lowest BCUT2D eigenvalue weighted by Crippen LogP contribution is -2.30. The molecule has 0 amide bonds. The molecule has 1 aromatic carbocycles. The molecule has 1 nitrogen and oxygen atoms in total. The van der Waals surface area contributed by atoms with Crippen molar-refractivity contribution in [1.29, 1.82) is 0 Å². The van der Waals surface area contributed by atoms with Crippen LogP contribution in [0.1, 0.15) is 57.9 Å². The molecule has 1 saturated carbocycles. The van der Waals surface area contributed by atoms with Gasteiger partial charge in [0.05, 0.1) is 0 Å². The van der Waals surface area contributed by atoms with Gasteiger partial charge < -0.3 is 5.73 Å². The van der Waals surface area contributed by atoms with Crippen molar-refractivity contribution in [1.82, 2.24) is 0 Å². The molecule has 1 aliphatic rings. The summed E-state index contributed by atoms with van der Waals surface area (Å²) in [5.74, 6) is 2.09. The second kappa shape index (κ2) is 6.49. The number of halogens is 1. The molecule has 0 saturated heterocycles. The molecule has 1 aromatic rings. The van der Waals surface area contributed by atoms with Crippen LogP contribution >= 0.6 is 11.6 Å². The third-order valence-corrected chi connectivity index (χ3v) is 5.37. The van der Waals surface area contributed by atoms with E-state index in [1.54, 1.807) is 0 Å². The van der Waals surface area contributed by atoms with Crippen molar-refractivity contribution in [3.63, 3.8) is 0 Å². The van der Waals surface area contributed by atoms with Crippen molar-refractivity contribution >= 4 is 11.6 Å². The van der Waals surface area contributed by atoms with E-state index in [1.165, 1.54) is 31.2 Å². The van der Waals surface area contributed by atoms with E-state index in [0.29, 0.717) is 11.3 Å². The predicted molar refractivity (Wildman–Crippen MR) is 88.2 cm³/mol. The minimum absolute atomic E-state index is 0.448. The monoisotopic (exact) mass is 293 g/mol. The minimum Gasteiger partial charge on any atom is -0.330 e. The zero-order valence-corrected chi connectivity index (χ0v) is 13.8. The van der Waals surface area contributed by atoms with E-state index in [1.807, 2.05) is 12.1 Å². The molecule has 0 bridgehead atoms. The molecule has 0 aliphatic heterocycles. The Morgan fingerprint density at radius 1 is 1.10 bits per heavy atom. The topological polar surface area (TPSA) is 26.0 Å². The number of benzene rings is 1. The van der Waals surface area contributed by atoms with Crippen LogP contribution in [0.5, 0.6) is 0 Å². The predicted octanol–water partition coefficient (Wildman–Crippen LogP) is 5.23. The second-order valence-electron chi connectivity index (χ2n) is 7.37. The van der Waals surface area contributed by atoms with Crippen LogP contribution in [0.3, 0.4) is 0 Å². The Labute approximate surface area is 128 Å². The number of hydrogen-bond acceptors (Lipinski definition) is 1. The van der Waals surface area contributed by atoms with Gasteiger partial charge in [0.15, 0.2) is 0 Å². The Bertz CT molecular complexity index is 410. The van der Waals surface area contributed by atoms with Gasteiger partial charge in [0.25, 0.3) is 0 Å². The van der Waals surface area contributed by atoms with E-state index in [0.717, 1.165) is 23.4 Å². The molecule has 1 aliphatic carbocycles. The average Bonchev–Trinajstić information content (AvgIpc) is 2.41. The van der Waals surface area contributed by atoms with Crippen LogP contribution in [0.15, 0.2) is 24.3 Å². The number of hydrogen-bond donors (Lipinski definition) is 1. The molecule has 112 valence electrons. The fourth-order valence-corrected chi connectivity index (χ4v) is 3.82. The molecule has 2 N–H and O–H groups in total. The summed E-state index contributed by atoms with van der Waals surface area (Å²) in [6.07, 6.45) is 5.31. The number of nitrogens with two attached hydrogens (primary N) is 1. The van der Waals surface area contributed by atoms with Gasteiger partial charge >= 0.3 is 0 Å². The molecule has 2 heteroatoms. The summed E-state index contributed by atoms with van der Waals surface area (Å²) in [4.78, 5) is 0. The van der Waals surface area contributed by atoms with Gasteiger partial charge in [0, 0.05) is 5.02 Å². The van der Waals surface area contributed by atoms with Crippen LogP contribution < -0.4 is 5.73 Å². The van der Waals surface area contributed by atoms with Gasteiger partial charge in [-0.05, 0) is 73.1 Å². The SMILES string of the molecule is CC(C)(C)C1CCC(C(CN)c2ccc(Cl)cc2)CC1. The fourth-order valence-electron chi connectivity index (χ4n) is 3.70. The van der Waals surface area contributed by atoms with Crippen molar-refractivity contribution in [2.24, 2.45) is 23.0 Å². The molecule has 1 unspecified atom stereocenters. The molecule has 1 fully saturated rings. The molecule has 0 aromatic heterocycles. The largest absolute Gasteiger partial charge is 0.330 e. The maximum atomic E-state index is 6.06. The maximum absolute atomic E-state index is 6.06. The molecular formula is C18H28ClN. The molecule has 1 atom stereocenters. The van der Waals surface area contributed by atoms with Gasteiger partial charge in [0.2, 0.25) is 0 Å². The zero-order chi connectivity index (χ0) is 14.8. The van der Waals surface area contributed by atoms with Crippen LogP contribution in [0.25, 0.3) is 0 Å². The zero-order valence-electron chi connectivity index (χ0n) is 13.0. The first-order chi connectivity index (χ1) is 9.41. The Balaban J connectivity index is 2.02. The molecular weight excluding hydrogens is 266 g/mol. The summed E-state index contributed by atoms with van der Waals surface area (Å²) in [6.45, 7) is 7.86. The van der Waals surface area contributed by atoms with E-state index in [4.69, 9.17) is 17.3 Å². The van der Waals surface area contributed by atoms with E-state index in [-0.39, 0.29) is 0 Å². The van der Waals surface area contributed by atoms with Crippen molar-refractivity contribution in [2.75, 3.05) is 6.54 Å². The highest BCUT2D eigenvalue weighted by Gasteiger charge is 2.32. The summed E-state index contributed by atoms with van der Waals surface area (Å²) < 4.78 is 0. The fraction of sp³-hybridized carbons (Fsp3) is 0.667. The van der Waals surface area contributed by atoms with E-state index in [9.17, 15) is 0 Å². The summed E-state index contributed by atoms with van der Waals surface area (Å²) in [6, 6.07) is 8.27. The highest BCUT2D eigenvalue weighted by atomic mass is 35.5. The Morgan fingerprint density at radius 3 is 2.10 bits per heavy atom. The third-order valence-electron chi connectivity index (χ3n) is 5.12. The summed E-state index contributed by atoms with van der Waals surface area (Å²) in [5.41, 5.74) is 7.87. The van der Waals surface area contributed by atoms with Crippen molar-refractivity contribution in [3.05, 3.63) is 34.9 Å². The number of rotatable bonds is 3. The Hall–Kier alpha value is -0.530. The summed E-state index contributed by atoms with van der Waals surface area (Å²) >= 11 is 5.98. The van der Waals surface area contributed by atoms with Gasteiger partial charge in [-0.1, -0.05) is 44.5 Å². The lowest BCUT2D eigenvalue weighted by Gasteiger charge is -2.39. The molecule has 0 spiro atoms. The van der Waals surface area contributed by atoms with Crippen LogP contribution in [-0.4, -0.2) is 6.54 Å². The van der Waals surface area contributed by atoms with E-state index >= 15 is 0 Å². The molecule has 20 heavy (non-hydrogen) atoms. The summed E-state index contributed by atoms with van der Waals surface area (Å²) in [7, 11) is 0. The van der Waals surface area contributed by atoms with E-state index in [2.05, 4.69) is 32.9 Å².